The third-order valence-corrected chi connectivity index (χ3v) is 6.82. The maximum atomic E-state index is 13.5. The lowest BCUT2D eigenvalue weighted by Crippen LogP contribution is -2.33. The number of methoxy groups -OCH3 is 3. The molecule has 0 amide bonds. The normalized spacial score (nSPS) is 22.8. The maximum Gasteiger partial charge on any atom is 0.481 e. The van der Waals surface area contributed by atoms with Crippen LogP contribution < -0.4 is 0 Å². The molecule has 0 saturated carbocycles. The van der Waals surface area contributed by atoms with Crippen molar-refractivity contribution >= 4 is 7.82 Å². The highest BCUT2D eigenvalue weighted by atomic mass is 31.2. The van der Waals surface area contributed by atoms with Gasteiger partial charge in [0.05, 0.1) is 36.6 Å². The molecule has 0 radical (unpaired) electrons. The molecule has 0 rings (SSSR count). The topological polar surface area (TPSA) is 100 Å². The summed E-state index contributed by atoms with van der Waals surface area (Å²) < 4.78 is 63.2. The molecule has 0 aliphatic rings. The van der Waals surface area contributed by atoms with Gasteiger partial charge in [0.2, 0.25) is 0 Å². The number of hydrogen-bond acceptors (Lipinski definition) is 10. The number of ether oxygens (including phenoxy) is 6. The molecule has 0 heterocycles. The van der Waals surface area contributed by atoms with E-state index in [0.29, 0.717) is 0 Å². The summed E-state index contributed by atoms with van der Waals surface area (Å²) in [5.41, 5.74) is 0. The van der Waals surface area contributed by atoms with Crippen molar-refractivity contribution in [1.82, 2.24) is 0 Å². The van der Waals surface area contributed by atoms with Gasteiger partial charge in [0.25, 0.3) is 0 Å². The Balaban J connectivity index is 5.31. The van der Waals surface area contributed by atoms with Crippen molar-refractivity contribution in [3.8, 4) is 0 Å². The van der Waals surface area contributed by atoms with Gasteiger partial charge in [-0.25, -0.2) is 4.57 Å². The molecule has 10 nitrogen and oxygen atoms in total. The molecule has 11 heteroatoms. The van der Waals surface area contributed by atoms with E-state index in [1.165, 1.54) is 0 Å². The van der Waals surface area contributed by atoms with Crippen LogP contribution in [-0.2, 0) is 46.6 Å². The van der Waals surface area contributed by atoms with Crippen LogP contribution in [0.3, 0.4) is 0 Å². The molecule has 0 aliphatic carbocycles. The van der Waals surface area contributed by atoms with E-state index in [-0.39, 0.29) is 36.6 Å². The molecular weight excluding hydrogens is 443 g/mol. The molecule has 0 N–H and O–H groups in total. The maximum absolute atomic E-state index is 13.5. The molecule has 0 spiro atoms. The molecular formula is C21H45O10P. The minimum absolute atomic E-state index is 0.195. The summed E-state index contributed by atoms with van der Waals surface area (Å²) in [5, 5.41) is 0. The number of hydrogen-bond donors (Lipinski definition) is 0. The summed E-state index contributed by atoms with van der Waals surface area (Å²) in [7, 11) is 0.567. The third kappa shape index (κ3) is 12.4. The molecule has 0 aromatic rings. The van der Waals surface area contributed by atoms with Gasteiger partial charge in [0.15, 0.2) is 18.9 Å². The van der Waals surface area contributed by atoms with Crippen LogP contribution in [-0.4, -0.2) is 76.8 Å². The van der Waals surface area contributed by atoms with Crippen LogP contribution in [0, 0.1) is 0 Å². The molecule has 0 fully saturated rings. The van der Waals surface area contributed by atoms with Crippen molar-refractivity contribution in [2.24, 2.45) is 0 Å². The molecule has 9 atom stereocenters. The fourth-order valence-corrected chi connectivity index (χ4v) is 3.90. The van der Waals surface area contributed by atoms with E-state index in [9.17, 15) is 4.57 Å². The second-order valence-electron chi connectivity index (χ2n) is 7.81. The van der Waals surface area contributed by atoms with Crippen molar-refractivity contribution in [2.45, 2.75) is 118 Å². The zero-order chi connectivity index (χ0) is 25.1. The Morgan fingerprint density at radius 1 is 0.438 bits per heavy atom. The summed E-state index contributed by atoms with van der Waals surface area (Å²) in [5.74, 6) is 0. The predicted octanol–water partition coefficient (Wildman–Crippen LogP) is 4.50. The van der Waals surface area contributed by atoms with E-state index in [1.807, 2.05) is 41.5 Å². The Hall–Kier alpha value is -0.130. The Kier molecular flexibility index (Phi) is 15.6. The van der Waals surface area contributed by atoms with Gasteiger partial charge in [-0.1, -0.05) is 0 Å². The number of rotatable bonds is 18. The first-order valence-electron chi connectivity index (χ1n) is 11.0. The van der Waals surface area contributed by atoms with Crippen molar-refractivity contribution < 1.29 is 46.6 Å². The number of phosphoric ester groups is 1. The lowest BCUT2D eigenvalue weighted by molar-refractivity contribution is -0.192. The quantitative estimate of drug-likeness (QED) is 0.202. The average Bonchev–Trinajstić information content (AvgIpc) is 2.70. The van der Waals surface area contributed by atoms with Gasteiger partial charge in [-0.2, -0.15) is 0 Å². The van der Waals surface area contributed by atoms with E-state index >= 15 is 0 Å². The minimum Gasteiger partial charge on any atom is -0.379 e. The molecule has 194 valence electrons. The van der Waals surface area contributed by atoms with Crippen LogP contribution >= 0.6 is 7.82 Å². The van der Waals surface area contributed by atoms with Crippen molar-refractivity contribution in [2.75, 3.05) is 21.3 Å². The summed E-state index contributed by atoms with van der Waals surface area (Å²) in [6.45, 7) is 15.8. The van der Waals surface area contributed by atoms with Gasteiger partial charge in [0, 0.05) is 21.3 Å². The minimum atomic E-state index is -4.17. The van der Waals surface area contributed by atoms with Gasteiger partial charge in [-0.05, 0) is 62.3 Å². The largest absolute Gasteiger partial charge is 0.481 e. The van der Waals surface area contributed by atoms with Crippen LogP contribution in [0.25, 0.3) is 0 Å². The summed E-state index contributed by atoms with van der Waals surface area (Å²) in [6, 6.07) is 0. The van der Waals surface area contributed by atoms with Crippen LogP contribution in [0.15, 0.2) is 0 Å². The highest BCUT2D eigenvalue weighted by Gasteiger charge is 2.37. The lowest BCUT2D eigenvalue weighted by atomic mass is 10.2. The van der Waals surface area contributed by atoms with Crippen molar-refractivity contribution in [3.05, 3.63) is 0 Å². The summed E-state index contributed by atoms with van der Waals surface area (Å²) >= 11 is 0. The average molecular weight is 489 g/mol. The molecule has 0 saturated heterocycles. The molecule has 0 aromatic heterocycles. The predicted molar refractivity (Wildman–Crippen MR) is 120 cm³/mol. The van der Waals surface area contributed by atoms with Crippen LogP contribution in [0.2, 0.25) is 0 Å². The van der Waals surface area contributed by atoms with E-state index < -0.39 is 26.7 Å². The zero-order valence-corrected chi connectivity index (χ0v) is 22.6. The van der Waals surface area contributed by atoms with Gasteiger partial charge in [-0.15, -0.1) is 0 Å². The SMILES string of the molecule is COC(C)C(C)OC(C)OP(=O)(OC(C)OC(C)C(C)OC)OC(C)OC(C)C(C)OC. The third-order valence-electron chi connectivity index (χ3n) is 5.15. The van der Waals surface area contributed by atoms with Crippen LogP contribution in [0.1, 0.15) is 62.3 Å². The summed E-state index contributed by atoms with van der Waals surface area (Å²) in [4.78, 5) is 0. The highest BCUT2D eigenvalue weighted by Crippen LogP contribution is 2.53. The fourth-order valence-electron chi connectivity index (χ4n) is 2.51. The summed E-state index contributed by atoms with van der Waals surface area (Å²) in [6.07, 6.45) is -4.31. The zero-order valence-electron chi connectivity index (χ0n) is 21.7. The van der Waals surface area contributed by atoms with Crippen molar-refractivity contribution in [1.29, 1.82) is 0 Å². The molecule has 0 bridgehead atoms. The Bertz CT molecular complexity index is 465. The first-order valence-corrected chi connectivity index (χ1v) is 12.4. The van der Waals surface area contributed by atoms with E-state index in [2.05, 4.69) is 0 Å². The smallest absolute Gasteiger partial charge is 0.379 e. The molecule has 0 aromatic carbocycles. The van der Waals surface area contributed by atoms with E-state index in [1.54, 1.807) is 42.1 Å². The van der Waals surface area contributed by atoms with Gasteiger partial charge in [-0.3, -0.25) is 13.6 Å². The first kappa shape index (κ1) is 31.9. The van der Waals surface area contributed by atoms with Gasteiger partial charge >= 0.3 is 7.82 Å². The van der Waals surface area contributed by atoms with E-state index in [0.717, 1.165) is 0 Å². The molecule has 9 unspecified atom stereocenters. The second kappa shape index (κ2) is 15.7. The Morgan fingerprint density at radius 3 is 0.844 bits per heavy atom. The van der Waals surface area contributed by atoms with Crippen LogP contribution in [0.5, 0.6) is 0 Å². The monoisotopic (exact) mass is 488 g/mol. The second-order valence-corrected chi connectivity index (χ2v) is 9.34. The fraction of sp³-hybridized carbons (Fsp3) is 1.00. The lowest BCUT2D eigenvalue weighted by Gasteiger charge is -2.31. The van der Waals surface area contributed by atoms with Crippen molar-refractivity contribution in [3.63, 3.8) is 0 Å². The first-order chi connectivity index (χ1) is 14.8. The highest BCUT2D eigenvalue weighted by molar-refractivity contribution is 7.48. The standard InChI is InChI=1S/C21H45O10P/c1-13(23-10)16(4)26-19(7)29-32(22,30-20(8)27-17(5)14(2)24-11)31-21(9)28-18(6)15(3)25-12/h13-21H,1-12H3. The molecule has 32 heavy (non-hydrogen) atoms. The van der Waals surface area contributed by atoms with E-state index in [4.69, 9.17) is 42.0 Å². The Labute approximate surface area is 194 Å². The van der Waals surface area contributed by atoms with Gasteiger partial charge in [0.1, 0.15) is 0 Å². The molecule has 0 aliphatic heterocycles. The Morgan fingerprint density at radius 2 is 0.656 bits per heavy atom. The number of phosphoric acid groups is 1. The van der Waals surface area contributed by atoms with Crippen LogP contribution in [0.4, 0.5) is 0 Å². The van der Waals surface area contributed by atoms with Gasteiger partial charge < -0.3 is 28.4 Å².